The topological polar surface area (TPSA) is 46.6 Å². The molecule has 2 rings (SSSR count). The summed E-state index contributed by atoms with van der Waals surface area (Å²) < 4.78 is 5.17. The smallest absolute Gasteiger partial charge is 0.305 e. The summed E-state index contributed by atoms with van der Waals surface area (Å²) in [6.07, 6.45) is 3.04. The van der Waals surface area contributed by atoms with Crippen LogP contribution in [0.1, 0.15) is 44.7 Å². The highest BCUT2D eigenvalue weighted by atomic mass is 16.5. The molecule has 0 spiro atoms. The molecule has 1 aromatic rings. The number of esters is 1. The Morgan fingerprint density at radius 3 is 2.77 bits per heavy atom. The van der Waals surface area contributed by atoms with Crippen molar-refractivity contribution in [3.05, 3.63) is 29.3 Å². The third-order valence-electron chi connectivity index (χ3n) is 3.84. The molecular weight excluding hydrogens is 278 g/mol. The predicted molar refractivity (Wildman–Crippen MR) is 86.9 cm³/mol. The molecule has 0 aromatic heterocycles. The SMILES string of the molecule is CC(=O)N1CCc2cc(CCCC(=O)OCC(C)C)ccc21. The van der Waals surface area contributed by atoms with Gasteiger partial charge in [-0.25, -0.2) is 0 Å². The van der Waals surface area contributed by atoms with Crippen LogP contribution in [0.4, 0.5) is 5.69 Å². The van der Waals surface area contributed by atoms with E-state index in [1.165, 1.54) is 11.1 Å². The Hall–Kier alpha value is -1.84. The summed E-state index contributed by atoms with van der Waals surface area (Å²) in [7, 11) is 0. The Kier molecular flexibility index (Phi) is 5.58. The fourth-order valence-corrected chi connectivity index (χ4v) is 2.71. The van der Waals surface area contributed by atoms with Crippen LogP contribution in [0.15, 0.2) is 18.2 Å². The molecule has 4 heteroatoms. The van der Waals surface area contributed by atoms with Gasteiger partial charge in [-0.05, 0) is 42.4 Å². The monoisotopic (exact) mass is 303 g/mol. The summed E-state index contributed by atoms with van der Waals surface area (Å²) in [6.45, 7) is 6.93. The molecule has 0 saturated heterocycles. The molecule has 0 N–H and O–H groups in total. The van der Waals surface area contributed by atoms with E-state index in [2.05, 4.69) is 12.1 Å². The van der Waals surface area contributed by atoms with Gasteiger partial charge in [0.05, 0.1) is 6.61 Å². The van der Waals surface area contributed by atoms with Crippen LogP contribution in [0.5, 0.6) is 0 Å². The van der Waals surface area contributed by atoms with E-state index in [1.807, 2.05) is 24.8 Å². The van der Waals surface area contributed by atoms with E-state index in [1.54, 1.807) is 6.92 Å². The van der Waals surface area contributed by atoms with Crippen molar-refractivity contribution in [1.29, 1.82) is 0 Å². The maximum absolute atomic E-state index is 11.6. The summed E-state index contributed by atoms with van der Waals surface area (Å²) in [5.74, 6) is 0.363. The van der Waals surface area contributed by atoms with E-state index in [4.69, 9.17) is 4.74 Å². The Morgan fingerprint density at radius 1 is 1.32 bits per heavy atom. The lowest BCUT2D eigenvalue weighted by atomic mass is 10.0. The number of carbonyl (C=O) groups excluding carboxylic acids is 2. The van der Waals surface area contributed by atoms with Crippen LogP contribution < -0.4 is 4.90 Å². The van der Waals surface area contributed by atoms with Gasteiger partial charge in [-0.2, -0.15) is 0 Å². The standard InChI is InChI=1S/C18H25NO3/c1-13(2)12-22-18(21)6-4-5-15-7-8-17-16(11-15)9-10-19(17)14(3)20/h7-8,11,13H,4-6,9-10,12H2,1-3H3. The second kappa shape index (κ2) is 7.43. The van der Waals surface area contributed by atoms with Crippen molar-refractivity contribution in [2.24, 2.45) is 5.92 Å². The largest absolute Gasteiger partial charge is 0.465 e. The van der Waals surface area contributed by atoms with Crippen molar-refractivity contribution in [2.75, 3.05) is 18.1 Å². The van der Waals surface area contributed by atoms with Gasteiger partial charge < -0.3 is 9.64 Å². The van der Waals surface area contributed by atoms with Crippen molar-refractivity contribution >= 4 is 17.6 Å². The molecule has 0 atom stereocenters. The van der Waals surface area contributed by atoms with Gasteiger partial charge in [0, 0.05) is 25.6 Å². The van der Waals surface area contributed by atoms with Gasteiger partial charge in [-0.15, -0.1) is 0 Å². The van der Waals surface area contributed by atoms with Crippen molar-refractivity contribution in [3.63, 3.8) is 0 Å². The lowest BCUT2D eigenvalue weighted by molar-refractivity contribution is -0.144. The fourth-order valence-electron chi connectivity index (χ4n) is 2.71. The van der Waals surface area contributed by atoms with Crippen molar-refractivity contribution in [3.8, 4) is 0 Å². The number of benzene rings is 1. The van der Waals surface area contributed by atoms with E-state index >= 15 is 0 Å². The number of ether oxygens (including phenoxy) is 1. The summed E-state index contributed by atoms with van der Waals surface area (Å²) in [5, 5.41) is 0. The highest BCUT2D eigenvalue weighted by molar-refractivity contribution is 5.93. The number of nitrogens with zero attached hydrogens (tertiary/aromatic N) is 1. The Bertz CT molecular complexity index is 551. The van der Waals surface area contributed by atoms with Crippen molar-refractivity contribution < 1.29 is 14.3 Å². The Morgan fingerprint density at radius 2 is 2.09 bits per heavy atom. The van der Waals surface area contributed by atoms with Crippen LogP contribution >= 0.6 is 0 Å². The molecule has 22 heavy (non-hydrogen) atoms. The number of aryl methyl sites for hydroxylation is 1. The average molecular weight is 303 g/mol. The van der Waals surface area contributed by atoms with Gasteiger partial charge in [0.25, 0.3) is 0 Å². The fraction of sp³-hybridized carbons (Fsp3) is 0.556. The van der Waals surface area contributed by atoms with Crippen LogP contribution in [0, 0.1) is 5.92 Å². The summed E-state index contributed by atoms with van der Waals surface area (Å²) in [6, 6.07) is 6.24. The van der Waals surface area contributed by atoms with Crippen LogP contribution in [0.3, 0.4) is 0 Å². The van der Waals surface area contributed by atoms with E-state index in [-0.39, 0.29) is 11.9 Å². The molecule has 120 valence electrons. The first-order valence-electron chi connectivity index (χ1n) is 8.03. The number of fused-ring (bicyclic) bond motifs is 1. The molecule has 4 nitrogen and oxygen atoms in total. The Labute approximate surface area is 132 Å². The summed E-state index contributed by atoms with van der Waals surface area (Å²) in [4.78, 5) is 24.9. The number of carbonyl (C=O) groups is 2. The predicted octanol–water partition coefficient (Wildman–Crippen LogP) is 3.12. The molecule has 1 amide bonds. The van der Waals surface area contributed by atoms with Crippen LogP contribution in [-0.2, 0) is 27.2 Å². The molecule has 1 aromatic carbocycles. The first-order chi connectivity index (χ1) is 10.5. The van der Waals surface area contributed by atoms with Crippen LogP contribution in [-0.4, -0.2) is 25.0 Å². The van der Waals surface area contributed by atoms with Gasteiger partial charge in [0.15, 0.2) is 0 Å². The van der Waals surface area contributed by atoms with Crippen molar-refractivity contribution in [2.45, 2.75) is 46.5 Å². The highest BCUT2D eigenvalue weighted by Crippen LogP contribution is 2.29. The molecule has 1 heterocycles. The molecule has 0 radical (unpaired) electrons. The third kappa shape index (κ3) is 4.33. The van der Waals surface area contributed by atoms with E-state index in [0.717, 1.165) is 31.5 Å². The second-order valence-corrected chi connectivity index (χ2v) is 6.31. The number of amides is 1. The number of hydrogen-bond donors (Lipinski definition) is 0. The number of hydrogen-bond acceptors (Lipinski definition) is 3. The van der Waals surface area contributed by atoms with Gasteiger partial charge in [-0.3, -0.25) is 9.59 Å². The molecule has 0 bridgehead atoms. The molecule has 0 aliphatic carbocycles. The van der Waals surface area contributed by atoms with Crippen molar-refractivity contribution in [1.82, 2.24) is 0 Å². The molecule has 0 fully saturated rings. The second-order valence-electron chi connectivity index (χ2n) is 6.31. The van der Waals surface area contributed by atoms with E-state index < -0.39 is 0 Å². The van der Waals surface area contributed by atoms with Gasteiger partial charge in [0.2, 0.25) is 5.91 Å². The van der Waals surface area contributed by atoms with Gasteiger partial charge >= 0.3 is 5.97 Å². The molecular formula is C18H25NO3. The first-order valence-corrected chi connectivity index (χ1v) is 8.03. The van der Waals surface area contributed by atoms with Gasteiger partial charge in [-0.1, -0.05) is 26.0 Å². The zero-order valence-electron chi connectivity index (χ0n) is 13.7. The first kappa shape index (κ1) is 16.5. The van der Waals surface area contributed by atoms with Crippen LogP contribution in [0.2, 0.25) is 0 Å². The molecule has 0 saturated carbocycles. The minimum atomic E-state index is -0.113. The lowest BCUT2D eigenvalue weighted by Crippen LogP contribution is -2.25. The van der Waals surface area contributed by atoms with Crippen LogP contribution in [0.25, 0.3) is 0 Å². The zero-order valence-corrected chi connectivity index (χ0v) is 13.7. The lowest BCUT2D eigenvalue weighted by Gasteiger charge is -2.14. The molecule has 0 unspecified atom stereocenters. The maximum Gasteiger partial charge on any atom is 0.305 e. The maximum atomic E-state index is 11.6. The molecule has 1 aliphatic heterocycles. The molecule has 1 aliphatic rings. The minimum Gasteiger partial charge on any atom is -0.465 e. The van der Waals surface area contributed by atoms with E-state index in [0.29, 0.717) is 18.9 Å². The normalized spacial score (nSPS) is 13.4. The average Bonchev–Trinajstić information content (AvgIpc) is 2.88. The Balaban J connectivity index is 1.83. The quantitative estimate of drug-likeness (QED) is 0.759. The minimum absolute atomic E-state index is 0.0967. The zero-order chi connectivity index (χ0) is 16.1. The summed E-state index contributed by atoms with van der Waals surface area (Å²) >= 11 is 0. The third-order valence-corrected chi connectivity index (χ3v) is 3.84. The summed E-state index contributed by atoms with van der Waals surface area (Å²) in [5.41, 5.74) is 3.49. The number of anilines is 1. The number of rotatable bonds is 6. The highest BCUT2D eigenvalue weighted by Gasteiger charge is 2.21. The van der Waals surface area contributed by atoms with Gasteiger partial charge in [0.1, 0.15) is 0 Å². The van der Waals surface area contributed by atoms with E-state index in [9.17, 15) is 9.59 Å².